The molecule has 19 heavy (non-hydrogen) atoms. The van der Waals surface area contributed by atoms with Crippen molar-refractivity contribution in [2.24, 2.45) is 17.1 Å². The maximum Gasteiger partial charge on any atom is 0.0249 e. The van der Waals surface area contributed by atoms with E-state index >= 15 is 0 Å². The number of hydrogen-bond donors (Lipinski definition) is 1. The summed E-state index contributed by atoms with van der Waals surface area (Å²) in [6, 6.07) is 1.00. The predicted molar refractivity (Wildman–Crippen MR) is 85.3 cm³/mol. The molecule has 0 aromatic carbocycles. The van der Waals surface area contributed by atoms with Crippen LogP contribution in [0.25, 0.3) is 0 Å². The summed E-state index contributed by atoms with van der Waals surface area (Å²) >= 11 is 0. The van der Waals surface area contributed by atoms with Gasteiger partial charge in [-0.2, -0.15) is 0 Å². The molecule has 0 aliphatic heterocycles. The molecule has 3 unspecified atom stereocenters. The molecule has 3 atom stereocenters. The van der Waals surface area contributed by atoms with Crippen molar-refractivity contribution in [3.05, 3.63) is 0 Å². The first-order chi connectivity index (χ1) is 8.96. The Hall–Kier alpha value is -0.0800. The van der Waals surface area contributed by atoms with E-state index < -0.39 is 0 Å². The van der Waals surface area contributed by atoms with Crippen LogP contribution in [0.2, 0.25) is 0 Å². The lowest BCUT2D eigenvalue weighted by Gasteiger charge is -2.46. The van der Waals surface area contributed by atoms with Gasteiger partial charge in [-0.3, -0.25) is 4.90 Å². The molecule has 2 nitrogen and oxygen atoms in total. The third-order valence-corrected chi connectivity index (χ3v) is 5.56. The Morgan fingerprint density at radius 3 is 2.37 bits per heavy atom. The molecule has 0 heterocycles. The molecule has 0 bridgehead atoms. The smallest absolute Gasteiger partial charge is 0.0249 e. The van der Waals surface area contributed by atoms with E-state index in [9.17, 15) is 0 Å². The van der Waals surface area contributed by atoms with Crippen LogP contribution < -0.4 is 5.73 Å². The third-order valence-electron chi connectivity index (χ3n) is 5.56. The Kier molecular flexibility index (Phi) is 6.82. The van der Waals surface area contributed by atoms with E-state index in [1.54, 1.807) is 0 Å². The molecule has 1 saturated carbocycles. The van der Waals surface area contributed by atoms with Gasteiger partial charge in [0.15, 0.2) is 0 Å². The second-order valence-corrected chi connectivity index (χ2v) is 7.07. The molecule has 2 heteroatoms. The summed E-state index contributed by atoms with van der Waals surface area (Å²) in [6.45, 7) is 14.1. The SMILES string of the molecule is CCCCN(CC)C1CC(C(C)(C)CC)CCC1N. The maximum absolute atomic E-state index is 6.43. The van der Waals surface area contributed by atoms with Crippen molar-refractivity contribution in [2.75, 3.05) is 13.1 Å². The zero-order valence-electron chi connectivity index (χ0n) is 13.9. The quantitative estimate of drug-likeness (QED) is 0.755. The Morgan fingerprint density at radius 1 is 1.16 bits per heavy atom. The highest BCUT2D eigenvalue weighted by Gasteiger charge is 2.37. The zero-order valence-corrected chi connectivity index (χ0v) is 13.9. The fourth-order valence-electron chi connectivity index (χ4n) is 3.51. The minimum atomic E-state index is 0.390. The summed E-state index contributed by atoms with van der Waals surface area (Å²) in [7, 11) is 0. The average Bonchev–Trinajstić information content (AvgIpc) is 2.41. The molecule has 0 aromatic rings. The van der Waals surface area contributed by atoms with Gasteiger partial charge in [0.1, 0.15) is 0 Å². The van der Waals surface area contributed by atoms with Gasteiger partial charge in [-0.1, -0.05) is 47.5 Å². The molecule has 1 aliphatic carbocycles. The molecular formula is C17H36N2. The van der Waals surface area contributed by atoms with Gasteiger partial charge in [-0.25, -0.2) is 0 Å². The number of unbranched alkanes of at least 4 members (excludes halogenated alkanes) is 1. The van der Waals surface area contributed by atoms with E-state index in [4.69, 9.17) is 5.73 Å². The highest BCUT2D eigenvalue weighted by Crippen LogP contribution is 2.41. The molecule has 0 amide bonds. The lowest BCUT2D eigenvalue weighted by Crippen LogP contribution is -2.53. The van der Waals surface area contributed by atoms with E-state index in [1.165, 1.54) is 45.1 Å². The number of nitrogens with zero attached hydrogens (tertiary/aromatic N) is 1. The minimum Gasteiger partial charge on any atom is -0.326 e. The van der Waals surface area contributed by atoms with Gasteiger partial charge in [0.2, 0.25) is 0 Å². The average molecular weight is 268 g/mol. The minimum absolute atomic E-state index is 0.390. The van der Waals surface area contributed by atoms with Gasteiger partial charge < -0.3 is 5.73 Å². The lowest BCUT2D eigenvalue weighted by molar-refractivity contribution is 0.0619. The van der Waals surface area contributed by atoms with Crippen LogP contribution in [-0.4, -0.2) is 30.1 Å². The van der Waals surface area contributed by atoms with Crippen LogP contribution in [0, 0.1) is 11.3 Å². The van der Waals surface area contributed by atoms with E-state index in [-0.39, 0.29) is 0 Å². The molecule has 2 N–H and O–H groups in total. The number of likely N-dealkylation sites (N-methyl/N-ethyl adjacent to an activating group) is 1. The van der Waals surface area contributed by atoms with Crippen LogP contribution in [0.5, 0.6) is 0 Å². The highest BCUT2D eigenvalue weighted by atomic mass is 15.2. The summed E-state index contributed by atoms with van der Waals surface area (Å²) < 4.78 is 0. The highest BCUT2D eigenvalue weighted by molar-refractivity contribution is 4.93. The first-order valence-electron chi connectivity index (χ1n) is 8.45. The first-order valence-corrected chi connectivity index (χ1v) is 8.45. The molecule has 1 aliphatic rings. The lowest BCUT2D eigenvalue weighted by atomic mass is 9.67. The van der Waals surface area contributed by atoms with Crippen LogP contribution in [0.3, 0.4) is 0 Å². The fourth-order valence-corrected chi connectivity index (χ4v) is 3.51. The normalized spacial score (nSPS) is 28.9. The van der Waals surface area contributed by atoms with Crippen molar-refractivity contribution in [1.29, 1.82) is 0 Å². The second-order valence-electron chi connectivity index (χ2n) is 7.07. The Morgan fingerprint density at radius 2 is 1.84 bits per heavy atom. The molecule has 114 valence electrons. The fraction of sp³-hybridized carbons (Fsp3) is 1.00. The Balaban J connectivity index is 2.68. The van der Waals surface area contributed by atoms with Crippen LogP contribution in [0.4, 0.5) is 0 Å². The van der Waals surface area contributed by atoms with E-state index in [1.807, 2.05) is 0 Å². The predicted octanol–water partition coefficient (Wildman–Crippen LogP) is 4.04. The maximum atomic E-state index is 6.43. The molecular weight excluding hydrogens is 232 g/mol. The summed E-state index contributed by atoms with van der Waals surface area (Å²) in [5, 5.41) is 0. The Labute approximate surface area is 121 Å². The molecule has 0 radical (unpaired) electrons. The van der Waals surface area contributed by atoms with Gasteiger partial charge >= 0.3 is 0 Å². The summed E-state index contributed by atoms with van der Waals surface area (Å²) in [5.41, 5.74) is 6.91. The number of hydrogen-bond acceptors (Lipinski definition) is 2. The van der Waals surface area contributed by atoms with Crippen LogP contribution in [-0.2, 0) is 0 Å². The first kappa shape index (κ1) is 17.0. The molecule has 1 rings (SSSR count). The van der Waals surface area contributed by atoms with Gasteiger partial charge in [-0.05, 0) is 50.1 Å². The molecule has 0 saturated heterocycles. The van der Waals surface area contributed by atoms with Crippen LogP contribution in [0.1, 0.15) is 73.1 Å². The van der Waals surface area contributed by atoms with Crippen molar-refractivity contribution in [3.63, 3.8) is 0 Å². The summed E-state index contributed by atoms with van der Waals surface area (Å²) in [4.78, 5) is 2.64. The molecule has 0 aromatic heterocycles. The Bertz CT molecular complexity index is 250. The topological polar surface area (TPSA) is 29.3 Å². The van der Waals surface area contributed by atoms with E-state index in [0.29, 0.717) is 17.5 Å². The number of nitrogens with two attached hydrogens (primary N) is 1. The molecule has 1 fully saturated rings. The van der Waals surface area contributed by atoms with Gasteiger partial charge in [0.25, 0.3) is 0 Å². The standard InChI is InChI=1S/C17H36N2/c1-6-9-12-19(8-3)16-13-14(10-11-15(16)18)17(4,5)7-2/h14-16H,6-13,18H2,1-5H3. The zero-order chi connectivity index (χ0) is 14.5. The van der Waals surface area contributed by atoms with Crippen LogP contribution in [0.15, 0.2) is 0 Å². The summed E-state index contributed by atoms with van der Waals surface area (Å²) in [5.74, 6) is 0.845. The monoisotopic (exact) mass is 268 g/mol. The van der Waals surface area contributed by atoms with Gasteiger partial charge in [-0.15, -0.1) is 0 Å². The summed E-state index contributed by atoms with van der Waals surface area (Å²) in [6.07, 6.45) is 7.70. The van der Waals surface area contributed by atoms with E-state index in [0.717, 1.165) is 12.5 Å². The van der Waals surface area contributed by atoms with Gasteiger partial charge in [0.05, 0.1) is 0 Å². The van der Waals surface area contributed by atoms with Gasteiger partial charge in [0, 0.05) is 12.1 Å². The van der Waals surface area contributed by atoms with Crippen molar-refractivity contribution in [3.8, 4) is 0 Å². The molecule has 0 spiro atoms. The van der Waals surface area contributed by atoms with Crippen molar-refractivity contribution < 1.29 is 0 Å². The van der Waals surface area contributed by atoms with Crippen molar-refractivity contribution in [1.82, 2.24) is 4.90 Å². The second kappa shape index (κ2) is 7.64. The van der Waals surface area contributed by atoms with Crippen molar-refractivity contribution >= 4 is 0 Å². The van der Waals surface area contributed by atoms with Crippen molar-refractivity contribution in [2.45, 2.75) is 85.2 Å². The largest absolute Gasteiger partial charge is 0.326 e. The van der Waals surface area contributed by atoms with Crippen LogP contribution >= 0.6 is 0 Å². The third kappa shape index (κ3) is 4.46. The van der Waals surface area contributed by atoms with E-state index in [2.05, 4.69) is 39.5 Å². The number of rotatable bonds is 7.